The second-order valence-corrected chi connectivity index (χ2v) is 9.11. The first-order valence-corrected chi connectivity index (χ1v) is 11.3. The molecule has 2 heterocycles. The summed E-state index contributed by atoms with van der Waals surface area (Å²) in [4.78, 5) is 29.9. The van der Waals surface area contributed by atoms with Crippen LogP contribution in [0.25, 0.3) is 10.6 Å². The lowest BCUT2D eigenvalue weighted by Gasteiger charge is -2.06. The molecule has 0 radical (unpaired) electrons. The van der Waals surface area contributed by atoms with Gasteiger partial charge in [-0.05, 0) is 52.2 Å². The Morgan fingerprint density at radius 3 is 2.79 bits per heavy atom. The van der Waals surface area contributed by atoms with Gasteiger partial charge in [0.05, 0.1) is 28.7 Å². The highest BCUT2D eigenvalue weighted by Gasteiger charge is 2.11. The van der Waals surface area contributed by atoms with Crippen molar-refractivity contribution in [2.75, 3.05) is 12.4 Å². The van der Waals surface area contributed by atoms with E-state index in [1.54, 1.807) is 18.4 Å². The number of amides is 2. The molecule has 2 N–H and O–H groups in total. The number of thiophene rings is 1. The van der Waals surface area contributed by atoms with E-state index >= 15 is 0 Å². The van der Waals surface area contributed by atoms with Crippen molar-refractivity contribution in [3.8, 4) is 16.3 Å². The summed E-state index contributed by atoms with van der Waals surface area (Å²) in [5, 5.41) is 8.15. The van der Waals surface area contributed by atoms with Gasteiger partial charge in [-0.2, -0.15) is 0 Å². The molecule has 0 aliphatic carbocycles. The summed E-state index contributed by atoms with van der Waals surface area (Å²) in [6.07, 6.45) is 0.998. The minimum absolute atomic E-state index is 0.0550. The van der Waals surface area contributed by atoms with Crippen molar-refractivity contribution in [2.45, 2.75) is 26.3 Å². The normalized spacial score (nSPS) is 10.6. The zero-order valence-corrected chi connectivity index (χ0v) is 19.2. The summed E-state index contributed by atoms with van der Waals surface area (Å²) < 4.78 is 6.09. The number of thiazole rings is 1. The minimum atomic E-state index is -0.0737. The fraction of sp³-hybridized carbons (Fsp3) is 0.250. The number of anilines is 1. The summed E-state index contributed by atoms with van der Waals surface area (Å²) >= 11 is 6.43. The summed E-state index contributed by atoms with van der Waals surface area (Å²) in [5.41, 5.74) is 1.88. The Bertz CT molecular complexity index is 1020. The third-order valence-electron chi connectivity index (χ3n) is 4.03. The van der Waals surface area contributed by atoms with Crippen molar-refractivity contribution in [1.82, 2.24) is 10.3 Å². The SMILES string of the molecule is COc1ccc(CCC(=O)Nc2nc(-c3ccc(CNC(C)=O)s3)cs2)cc1Br. The molecule has 6 nitrogen and oxygen atoms in total. The van der Waals surface area contributed by atoms with E-state index < -0.39 is 0 Å². The second-order valence-electron chi connectivity index (χ2n) is 6.23. The lowest BCUT2D eigenvalue weighted by Crippen LogP contribution is -2.17. The highest BCUT2D eigenvalue weighted by atomic mass is 79.9. The average Bonchev–Trinajstić information content (AvgIpc) is 3.34. The van der Waals surface area contributed by atoms with Crippen LogP contribution in [-0.4, -0.2) is 23.9 Å². The van der Waals surface area contributed by atoms with E-state index in [-0.39, 0.29) is 11.8 Å². The smallest absolute Gasteiger partial charge is 0.226 e. The molecule has 2 aromatic heterocycles. The number of hydrogen-bond donors (Lipinski definition) is 2. The lowest BCUT2D eigenvalue weighted by molar-refractivity contribution is -0.119. The standard InChI is InChI=1S/C20H20BrN3O3S2/c1-12(25)22-10-14-5-7-18(29-14)16-11-28-20(23-16)24-19(26)8-4-13-3-6-17(27-2)15(21)9-13/h3,5-7,9,11H,4,8,10H2,1-2H3,(H,22,25)(H,23,24,26). The van der Waals surface area contributed by atoms with Gasteiger partial charge in [-0.25, -0.2) is 4.98 Å². The van der Waals surface area contributed by atoms with Crippen LogP contribution in [-0.2, 0) is 22.6 Å². The topological polar surface area (TPSA) is 80.3 Å². The maximum absolute atomic E-state index is 12.3. The molecule has 0 aliphatic rings. The van der Waals surface area contributed by atoms with Gasteiger partial charge in [0.2, 0.25) is 11.8 Å². The number of methoxy groups -OCH3 is 1. The molecule has 3 rings (SSSR count). The Balaban J connectivity index is 1.53. The van der Waals surface area contributed by atoms with E-state index in [4.69, 9.17) is 4.74 Å². The van der Waals surface area contributed by atoms with Crippen LogP contribution in [0.1, 0.15) is 23.8 Å². The number of ether oxygens (including phenoxy) is 1. The number of aromatic nitrogens is 1. The Labute approximate surface area is 185 Å². The number of carbonyl (C=O) groups excluding carboxylic acids is 2. The van der Waals surface area contributed by atoms with Crippen LogP contribution < -0.4 is 15.4 Å². The molecule has 3 aromatic rings. The molecule has 0 saturated heterocycles. The average molecular weight is 494 g/mol. The molecule has 0 unspecified atom stereocenters. The first kappa shape index (κ1) is 21.5. The number of benzene rings is 1. The first-order chi connectivity index (χ1) is 13.9. The number of nitrogens with zero attached hydrogens (tertiary/aromatic N) is 1. The highest BCUT2D eigenvalue weighted by Crippen LogP contribution is 2.31. The van der Waals surface area contributed by atoms with Crippen LogP contribution in [0.2, 0.25) is 0 Å². The molecular weight excluding hydrogens is 474 g/mol. The number of halogens is 1. The second kappa shape index (κ2) is 10.00. The summed E-state index contributed by atoms with van der Waals surface area (Å²) in [5.74, 6) is 0.637. The predicted molar refractivity (Wildman–Crippen MR) is 121 cm³/mol. The van der Waals surface area contributed by atoms with Gasteiger partial charge in [0.25, 0.3) is 0 Å². The number of aryl methyl sites for hydroxylation is 1. The minimum Gasteiger partial charge on any atom is -0.496 e. The summed E-state index contributed by atoms with van der Waals surface area (Å²) in [7, 11) is 1.62. The van der Waals surface area contributed by atoms with Gasteiger partial charge >= 0.3 is 0 Å². The quantitative estimate of drug-likeness (QED) is 0.469. The fourth-order valence-electron chi connectivity index (χ4n) is 2.57. The first-order valence-electron chi connectivity index (χ1n) is 8.86. The zero-order valence-electron chi connectivity index (χ0n) is 16.0. The number of carbonyl (C=O) groups is 2. The van der Waals surface area contributed by atoms with Gasteiger partial charge in [-0.15, -0.1) is 22.7 Å². The Morgan fingerprint density at radius 1 is 1.24 bits per heavy atom. The largest absolute Gasteiger partial charge is 0.496 e. The van der Waals surface area contributed by atoms with Gasteiger partial charge in [0.15, 0.2) is 5.13 Å². The van der Waals surface area contributed by atoms with E-state index in [0.717, 1.165) is 31.2 Å². The van der Waals surface area contributed by atoms with Crippen LogP contribution in [0.3, 0.4) is 0 Å². The van der Waals surface area contributed by atoms with Crippen LogP contribution in [0.5, 0.6) is 5.75 Å². The van der Waals surface area contributed by atoms with Crippen LogP contribution in [0.4, 0.5) is 5.13 Å². The van der Waals surface area contributed by atoms with E-state index in [1.165, 1.54) is 18.3 Å². The van der Waals surface area contributed by atoms with E-state index in [0.29, 0.717) is 24.5 Å². The van der Waals surface area contributed by atoms with Crippen molar-refractivity contribution >= 4 is 55.5 Å². The molecule has 0 spiro atoms. The molecule has 0 aliphatic heterocycles. The van der Waals surface area contributed by atoms with Crippen molar-refractivity contribution in [1.29, 1.82) is 0 Å². The Kier molecular flexibility index (Phi) is 7.40. The predicted octanol–water partition coefficient (Wildman–Crippen LogP) is 4.85. The molecule has 1 aromatic carbocycles. The van der Waals surface area contributed by atoms with E-state index in [1.807, 2.05) is 35.7 Å². The van der Waals surface area contributed by atoms with Gasteiger partial charge in [0.1, 0.15) is 5.75 Å². The van der Waals surface area contributed by atoms with Gasteiger partial charge in [-0.3, -0.25) is 9.59 Å². The maximum atomic E-state index is 12.3. The summed E-state index contributed by atoms with van der Waals surface area (Å²) in [6, 6.07) is 9.74. The Morgan fingerprint density at radius 2 is 2.07 bits per heavy atom. The third kappa shape index (κ3) is 6.12. The monoisotopic (exact) mass is 493 g/mol. The van der Waals surface area contributed by atoms with Gasteiger partial charge in [-0.1, -0.05) is 6.07 Å². The molecule has 29 heavy (non-hydrogen) atoms. The number of nitrogens with one attached hydrogen (secondary N) is 2. The summed E-state index contributed by atoms with van der Waals surface area (Å²) in [6.45, 7) is 2.01. The molecule has 0 saturated carbocycles. The van der Waals surface area contributed by atoms with Crippen LogP contribution in [0, 0.1) is 0 Å². The van der Waals surface area contributed by atoms with Crippen molar-refractivity contribution in [2.24, 2.45) is 0 Å². The third-order valence-corrected chi connectivity index (χ3v) is 6.52. The van der Waals surface area contributed by atoms with Crippen molar-refractivity contribution in [3.05, 3.63) is 50.6 Å². The molecule has 152 valence electrons. The van der Waals surface area contributed by atoms with Crippen molar-refractivity contribution < 1.29 is 14.3 Å². The maximum Gasteiger partial charge on any atom is 0.226 e. The van der Waals surface area contributed by atoms with E-state index in [9.17, 15) is 9.59 Å². The van der Waals surface area contributed by atoms with Crippen LogP contribution in [0.15, 0.2) is 40.2 Å². The molecular formula is C20H20BrN3O3S2. The van der Waals surface area contributed by atoms with Crippen molar-refractivity contribution in [3.63, 3.8) is 0 Å². The zero-order chi connectivity index (χ0) is 20.8. The van der Waals surface area contributed by atoms with E-state index in [2.05, 4.69) is 31.5 Å². The highest BCUT2D eigenvalue weighted by molar-refractivity contribution is 9.10. The lowest BCUT2D eigenvalue weighted by atomic mass is 10.1. The van der Waals surface area contributed by atoms with Gasteiger partial charge < -0.3 is 15.4 Å². The fourth-order valence-corrected chi connectivity index (χ4v) is 4.87. The number of rotatable bonds is 8. The number of hydrogen-bond acceptors (Lipinski definition) is 6. The molecule has 9 heteroatoms. The molecule has 2 amide bonds. The van der Waals surface area contributed by atoms with Gasteiger partial charge in [0, 0.05) is 23.6 Å². The molecule has 0 fully saturated rings. The van der Waals surface area contributed by atoms with Crippen LogP contribution >= 0.6 is 38.6 Å². The molecule has 0 bridgehead atoms. The molecule has 0 atom stereocenters. The Hall–Kier alpha value is -2.23.